The zero-order valence-electron chi connectivity index (χ0n) is 19.2. The standard InChI is InChI=1S/C26H26ClN5O2/c1-17(2)32-25-20(16-28-32)19(15-23(29-25)18-7-4-3-5-8-18)26(33)30-22-10-6-9-21(27)24(22)31-11-13-34-14-12-31/h3-10,15-17H,11-14H2,1-2H3,(H,30,33). The molecule has 34 heavy (non-hydrogen) atoms. The molecule has 0 atom stereocenters. The van der Waals surface area contributed by atoms with Gasteiger partial charge in [0.15, 0.2) is 5.65 Å². The molecule has 2 aromatic carbocycles. The van der Waals surface area contributed by atoms with Crippen LogP contribution in [0.5, 0.6) is 0 Å². The number of rotatable bonds is 5. The quantitative estimate of drug-likeness (QED) is 0.417. The van der Waals surface area contributed by atoms with Gasteiger partial charge in [-0.15, -0.1) is 0 Å². The number of nitrogens with one attached hydrogen (secondary N) is 1. The number of carbonyl (C=O) groups excluding carboxylic acids is 1. The maximum atomic E-state index is 13.7. The Morgan fingerprint density at radius 1 is 1.09 bits per heavy atom. The number of halogens is 1. The number of fused-ring (bicyclic) bond motifs is 1. The van der Waals surface area contributed by atoms with Crippen LogP contribution < -0.4 is 10.2 Å². The minimum atomic E-state index is -0.232. The Kier molecular flexibility index (Phi) is 6.22. The summed E-state index contributed by atoms with van der Waals surface area (Å²) in [4.78, 5) is 20.7. The monoisotopic (exact) mass is 475 g/mol. The van der Waals surface area contributed by atoms with Gasteiger partial charge in [0.1, 0.15) is 0 Å². The number of para-hydroxylation sites is 1. The first-order valence-electron chi connectivity index (χ1n) is 11.4. The third-order valence-electron chi connectivity index (χ3n) is 5.93. The lowest BCUT2D eigenvalue weighted by Crippen LogP contribution is -2.37. The molecule has 0 saturated carbocycles. The summed E-state index contributed by atoms with van der Waals surface area (Å²) in [5.74, 6) is -0.232. The van der Waals surface area contributed by atoms with Crippen molar-refractivity contribution in [3.63, 3.8) is 0 Å². The largest absolute Gasteiger partial charge is 0.378 e. The molecule has 1 aliphatic rings. The Morgan fingerprint density at radius 3 is 2.59 bits per heavy atom. The molecule has 0 unspecified atom stereocenters. The van der Waals surface area contributed by atoms with Crippen molar-refractivity contribution in [3.8, 4) is 11.3 Å². The molecule has 1 saturated heterocycles. The highest BCUT2D eigenvalue weighted by atomic mass is 35.5. The number of ether oxygens (including phenoxy) is 1. The van der Waals surface area contributed by atoms with E-state index in [2.05, 4.69) is 15.3 Å². The molecule has 1 N–H and O–H groups in total. The highest BCUT2D eigenvalue weighted by Gasteiger charge is 2.22. The van der Waals surface area contributed by atoms with Crippen molar-refractivity contribution in [3.05, 3.63) is 71.4 Å². The van der Waals surface area contributed by atoms with Crippen molar-refractivity contribution in [2.24, 2.45) is 0 Å². The number of amides is 1. The van der Waals surface area contributed by atoms with Crippen LogP contribution in [0.2, 0.25) is 5.02 Å². The number of anilines is 2. The molecule has 1 aliphatic heterocycles. The van der Waals surface area contributed by atoms with Crippen molar-refractivity contribution >= 4 is 39.9 Å². The lowest BCUT2D eigenvalue weighted by atomic mass is 10.1. The SMILES string of the molecule is CC(C)n1ncc2c(C(=O)Nc3cccc(Cl)c3N3CCOCC3)cc(-c3ccccc3)nc21. The van der Waals surface area contributed by atoms with E-state index < -0.39 is 0 Å². The molecule has 8 heteroatoms. The smallest absolute Gasteiger partial charge is 0.256 e. The normalized spacial score (nSPS) is 14.1. The van der Waals surface area contributed by atoms with Gasteiger partial charge in [0.25, 0.3) is 5.91 Å². The zero-order valence-corrected chi connectivity index (χ0v) is 19.9. The third-order valence-corrected chi connectivity index (χ3v) is 6.24. The fourth-order valence-corrected chi connectivity index (χ4v) is 4.55. The Hall–Kier alpha value is -3.42. The number of pyridine rings is 1. The first-order valence-corrected chi connectivity index (χ1v) is 11.8. The van der Waals surface area contributed by atoms with E-state index in [0.29, 0.717) is 53.6 Å². The highest BCUT2D eigenvalue weighted by Crippen LogP contribution is 2.35. The second kappa shape index (κ2) is 9.44. The van der Waals surface area contributed by atoms with Crippen LogP contribution in [0, 0.1) is 0 Å². The molecule has 2 aromatic heterocycles. The fourth-order valence-electron chi connectivity index (χ4n) is 4.25. The average Bonchev–Trinajstić information content (AvgIpc) is 3.29. The number of hydrogen-bond donors (Lipinski definition) is 1. The zero-order chi connectivity index (χ0) is 23.7. The second-order valence-corrected chi connectivity index (χ2v) is 8.94. The van der Waals surface area contributed by atoms with Gasteiger partial charge in [0.2, 0.25) is 0 Å². The van der Waals surface area contributed by atoms with Crippen LogP contribution in [-0.4, -0.2) is 47.0 Å². The van der Waals surface area contributed by atoms with Gasteiger partial charge in [-0.3, -0.25) is 4.79 Å². The predicted octanol–water partition coefficient (Wildman–Crippen LogP) is 5.42. The van der Waals surface area contributed by atoms with Gasteiger partial charge in [0.05, 0.1) is 52.5 Å². The Labute approximate surface area is 203 Å². The van der Waals surface area contributed by atoms with E-state index in [0.717, 1.165) is 16.9 Å². The number of hydrogen-bond acceptors (Lipinski definition) is 5. The Bertz CT molecular complexity index is 1330. The summed E-state index contributed by atoms with van der Waals surface area (Å²) in [5, 5.41) is 8.92. The number of morpholine rings is 1. The van der Waals surface area contributed by atoms with Gasteiger partial charge in [-0.1, -0.05) is 48.0 Å². The lowest BCUT2D eigenvalue weighted by molar-refractivity contribution is 0.102. The summed E-state index contributed by atoms with van der Waals surface area (Å²) in [5.41, 5.74) is 4.34. The summed E-state index contributed by atoms with van der Waals surface area (Å²) < 4.78 is 7.33. The van der Waals surface area contributed by atoms with Crippen molar-refractivity contribution in [1.29, 1.82) is 0 Å². The van der Waals surface area contributed by atoms with E-state index in [1.807, 2.05) is 73.1 Å². The van der Waals surface area contributed by atoms with Crippen LogP contribution in [0.1, 0.15) is 30.2 Å². The Balaban J connectivity index is 1.59. The average molecular weight is 476 g/mol. The fraction of sp³-hybridized carbons (Fsp3) is 0.269. The number of aromatic nitrogens is 3. The van der Waals surface area contributed by atoms with Crippen LogP contribution in [0.15, 0.2) is 60.8 Å². The lowest BCUT2D eigenvalue weighted by Gasteiger charge is -2.31. The van der Waals surface area contributed by atoms with Crippen LogP contribution in [-0.2, 0) is 4.74 Å². The predicted molar refractivity (Wildman–Crippen MR) is 136 cm³/mol. The van der Waals surface area contributed by atoms with E-state index in [1.165, 1.54) is 0 Å². The van der Waals surface area contributed by atoms with Gasteiger partial charge in [0, 0.05) is 24.7 Å². The van der Waals surface area contributed by atoms with Gasteiger partial charge >= 0.3 is 0 Å². The van der Waals surface area contributed by atoms with Gasteiger partial charge < -0.3 is 15.0 Å². The maximum absolute atomic E-state index is 13.7. The molecular formula is C26H26ClN5O2. The topological polar surface area (TPSA) is 72.3 Å². The molecule has 7 nitrogen and oxygen atoms in total. The first kappa shape index (κ1) is 22.4. The van der Waals surface area contributed by atoms with Crippen molar-refractivity contribution in [2.75, 3.05) is 36.5 Å². The molecule has 0 spiro atoms. The molecule has 0 radical (unpaired) electrons. The molecule has 174 valence electrons. The van der Waals surface area contributed by atoms with Gasteiger partial charge in [-0.05, 0) is 32.0 Å². The molecule has 5 rings (SSSR count). The summed E-state index contributed by atoms with van der Waals surface area (Å²) in [6, 6.07) is 17.3. The highest BCUT2D eigenvalue weighted by molar-refractivity contribution is 6.34. The third kappa shape index (κ3) is 4.24. The minimum Gasteiger partial charge on any atom is -0.378 e. The molecule has 1 amide bonds. The minimum absolute atomic E-state index is 0.104. The van der Waals surface area contributed by atoms with Crippen LogP contribution in [0.25, 0.3) is 22.3 Å². The maximum Gasteiger partial charge on any atom is 0.256 e. The summed E-state index contributed by atoms with van der Waals surface area (Å²) in [6.07, 6.45) is 1.72. The van der Waals surface area contributed by atoms with Crippen molar-refractivity contribution in [2.45, 2.75) is 19.9 Å². The van der Waals surface area contributed by atoms with Crippen LogP contribution in [0.4, 0.5) is 11.4 Å². The van der Waals surface area contributed by atoms with Crippen LogP contribution in [0.3, 0.4) is 0 Å². The summed E-state index contributed by atoms with van der Waals surface area (Å²) >= 11 is 6.57. The van der Waals surface area contributed by atoms with E-state index >= 15 is 0 Å². The molecule has 0 bridgehead atoms. The number of nitrogens with zero attached hydrogens (tertiary/aromatic N) is 4. The van der Waals surface area contributed by atoms with Crippen LogP contribution >= 0.6 is 11.6 Å². The van der Waals surface area contributed by atoms with Crippen molar-refractivity contribution < 1.29 is 9.53 Å². The summed E-state index contributed by atoms with van der Waals surface area (Å²) in [6.45, 7) is 6.76. The van der Waals surface area contributed by atoms with Gasteiger partial charge in [-0.25, -0.2) is 9.67 Å². The van der Waals surface area contributed by atoms with E-state index in [4.69, 9.17) is 21.3 Å². The molecular weight excluding hydrogens is 450 g/mol. The first-order chi connectivity index (χ1) is 16.5. The molecule has 1 fully saturated rings. The van der Waals surface area contributed by atoms with Gasteiger partial charge in [-0.2, -0.15) is 5.10 Å². The molecule has 3 heterocycles. The molecule has 0 aliphatic carbocycles. The van der Waals surface area contributed by atoms with E-state index in [9.17, 15) is 4.79 Å². The second-order valence-electron chi connectivity index (χ2n) is 8.53. The number of benzene rings is 2. The summed E-state index contributed by atoms with van der Waals surface area (Å²) in [7, 11) is 0. The van der Waals surface area contributed by atoms with E-state index in [1.54, 1.807) is 6.20 Å². The Morgan fingerprint density at radius 2 is 1.85 bits per heavy atom. The van der Waals surface area contributed by atoms with E-state index in [-0.39, 0.29) is 11.9 Å². The number of carbonyl (C=O) groups is 1. The van der Waals surface area contributed by atoms with Crippen molar-refractivity contribution in [1.82, 2.24) is 14.8 Å². The molecule has 4 aromatic rings.